The van der Waals surface area contributed by atoms with Gasteiger partial charge < -0.3 is 0 Å². The van der Waals surface area contributed by atoms with Crippen molar-refractivity contribution in [2.45, 2.75) is 52.9 Å². The fraction of sp³-hybridized carbons (Fsp3) is 0.500. The van der Waals surface area contributed by atoms with Crippen LogP contribution in [0.2, 0.25) is 0 Å². The van der Waals surface area contributed by atoms with Crippen LogP contribution in [0.4, 0.5) is 0 Å². The van der Waals surface area contributed by atoms with Crippen molar-refractivity contribution in [3.63, 3.8) is 0 Å². The first-order valence-corrected chi connectivity index (χ1v) is 11.2. The molecule has 1 aliphatic heterocycles. The molecule has 0 radical (unpaired) electrons. The Labute approximate surface area is 171 Å². The number of amides is 1. The fourth-order valence-corrected chi connectivity index (χ4v) is 6.84. The predicted molar refractivity (Wildman–Crippen MR) is 109 cm³/mol. The highest BCUT2D eigenvalue weighted by Crippen LogP contribution is 2.46. The minimum absolute atomic E-state index is 0.0192. The molecule has 1 aromatic carbocycles. The summed E-state index contributed by atoms with van der Waals surface area (Å²) in [5, 5.41) is 0. The molecule has 1 saturated heterocycles. The van der Waals surface area contributed by atoms with Gasteiger partial charge in [0.15, 0.2) is 0 Å². The topological polar surface area (TPSA) is 88.6 Å². The van der Waals surface area contributed by atoms with E-state index >= 15 is 0 Å². The van der Waals surface area contributed by atoms with Gasteiger partial charge in [-0.1, -0.05) is 5.92 Å². The molecular weight excluding hydrogens is 390 g/mol. The maximum absolute atomic E-state index is 13.1. The third-order valence-corrected chi connectivity index (χ3v) is 8.00. The summed E-state index contributed by atoms with van der Waals surface area (Å²) in [7, 11) is -3.82. The number of hydrogen-bond acceptors (Lipinski definition) is 5. The third-order valence-electron chi connectivity index (χ3n) is 5.91. The highest BCUT2D eigenvalue weighted by Gasteiger charge is 2.51. The van der Waals surface area contributed by atoms with Gasteiger partial charge in [0.2, 0.25) is 15.9 Å². The summed E-state index contributed by atoms with van der Waals surface area (Å²) >= 11 is 0. The molecule has 29 heavy (non-hydrogen) atoms. The number of Topliss-reactive ketones (excluding diaryl/α,β-unsaturated/α-hetero) is 2. The molecule has 1 spiro atoms. The van der Waals surface area contributed by atoms with Gasteiger partial charge in [0, 0.05) is 37.3 Å². The number of rotatable bonds is 1. The van der Waals surface area contributed by atoms with Gasteiger partial charge in [0.1, 0.15) is 17.5 Å². The zero-order valence-electron chi connectivity index (χ0n) is 17.2. The summed E-state index contributed by atoms with van der Waals surface area (Å²) in [5.74, 6) is 3.61. The second kappa shape index (κ2) is 7.42. The average molecular weight is 416 g/mol. The Morgan fingerprint density at radius 2 is 1.69 bits per heavy atom. The second-order valence-electron chi connectivity index (χ2n) is 8.22. The standard InChI is InChI=1S/C22H25NO5S/c1-5-6-17-9-14(2)20(15(3)10-17)21-18(25)11-22(12-19(21)26)7-8-23(16(4)24)29(27,28)13-22/h9-10,21H,7-8,11-13H2,1-4H3. The van der Waals surface area contributed by atoms with Crippen LogP contribution in [0.1, 0.15) is 61.3 Å². The Hall–Kier alpha value is -2.46. The van der Waals surface area contributed by atoms with Crippen molar-refractivity contribution < 1.29 is 22.8 Å². The number of aryl methyl sites for hydroxylation is 2. The van der Waals surface area contributed by atoms with Crippen LogP contribution in [-0.4, -0.2) is 42.5 Å². The van der Waals surface area contributed by atoms with Crippen molar-refractivity contribution in [2.75, 3.05) is 12.3 Å². The second-order valence-corrected chi connectivity index (χ2v) is 10.1. The van der Waals surface area contributed by atoms with Gasteiger partial charge in [-0.05, 0) is 56.0 Å². The molecule has 7 heteroatoms. The SMILES string of the molecule is CC#Cc1cc(C)c(C2C(=O)CC3(CCN(C(C)=O)S(=O)(=O)C3)CC2=O)c(C)c1. The van der Waals surface area contributed by atoms with E-state index in [1.165, 1.54) is 6.92 Å². The molecule has 1 aliphatic carbocycles. The van der Waals surface area contributed by atoms with Crippen LogP contribution in [0.15, 0.2) is 12.1 Å². The number of carbonyl (C=O) groups is 3. The van der Waals surface area contributed by atoms with Crippen molar-refractivity contribution in [1.82, 2.24) is 4.31 Å². The first kappa shape index (κ1) is 21.3. The molecule has 1 aromatic rings. The highest BCUT2D eigenvalue weighted by atomic mass is 32.2. The van der Waals surface area contributed by atoms with Crippen molar-refractivity contribution >= 4 is 27.5 Å². The molecule has 2 fully saturated rings. The number of nitrogens with zero attached hydrogens (tertiary/aromatic N) is 1. The number of carbonyl (C=O) groups excluding carboxylic acids is 3. The fourth-order valence-electron chi connectivity index (χ4n) is 4.80. The Morgan fingerprint density at radius 3 is 2.14 bits per heavy atom. The number of hydrogen-bond donors (Lipinski definition) is 0. The molecule has 1 amide bonds. The zero-order chi connectivity index (χ0) is 21.6. The Kier molecular flexibility index (Phi) is 5.44. The molecule has 1 heterocycles. The molecule has 0 aromatic heterocycles. The Balaban J connectivity index is 1.93. The quantitative estimate of drug-likeness (QED) is 0.519. The highest BCUT2D eigenvalue weighted by molar-refractivity contribution is 7.89. The van der Waals surface area contributed by atoms with E-state index in [0.29, 0.717) is 12.0 Å². The van der Waals surface area contributed by atoms with E-state index in [2.05, 4.69) is 11.8 Å². The molecule has 0 bridgehead atoms. The lowest BCUT2D eigenvalue weighted by Crippen LogP contribution is -2.53. The lowest BCUT2D eigenvalue weighted by Gasteiger charge is -2.43. The molecule has 154 valence electrons. The molecular formula is C22H25NO5S. The van der Waals surface area contributed by atoms with Crippen molar-refractivity contribution in [1.29, 1.82) is 0 Å². The summed E-state index contributed by atoms with van der Waals surface area (Å²) in [6, 6.07) is 3.75. The van der Waals surface area contributed by atoms with Crippen LogP contribution in [0.5, 0.6) is 0 Å². The Bertz CT molecular complexity index is 1030. The molecule has 1 saturated carbocycles. The number of sulfonamides is 1. The van der Waals surface area contributed by atoms with E-state index in [1.54, 1.807) is 6.92 Å². The minimum Gasteiger partial charge on any atom is -0.298 e. The van der Waals surface area contributed by atoms with E-state index in [4.69, 9.17) is 0 Å². The summed E-state index contributed by atoms with van der Waals surface area (Å²) < 4.78 is 25.9. The molecule has 0 N–H and O–H groups in total. The van der Waals surface area contributed by atoms with Crippen molar-refractivity contribution in [3.8, 4) is 11.8 Å². The van der Waals surface area contributed by atoms with E-state index in [1.807, 2.05) is 26.0 Å². The van der Waals surface area contributed by atoms with Crippen molar-refractivity contribution in [3.05, 3.63) is 34.4 Å². The molecule has 3 rings (SSSR count). The number of benzene rings is 1. The van der Waals surface area contributed by atoms with Gasteiger partial charge in [-0.15, -0.1) is 5.92 Å². The molecule has 6 nitrogen and oxygen atoms in total. The summed E-state index contributed by atoms with van der Waals surface area (Å²) in [5.41, 5.74) is 2.31. The van der Waals surface area contributed by atoms with Gasteiger partial charge in [0.05, 0.1) is 5.75 Å². The lowest BCUT2D eigenvalue weighted by atomic mass is 9.66. The third kappa shape index (κ3) is 3.86. The van der Waals surface area contributed by atoms with E-state index < -0.39 is 27.3 Å². The van der Waals surface area contributed by atoms with Crippen LogP contribution in [0.25, 0.3) is 0 Å². The average Bonchev–Trinajstić information content (AvgIpc) is 2.55. The first-order chi connectivity index (χ1) is 13.5. The van der Waals surface area contributed by atoms with Gasteiger partial charge in [0.25, 0.3) is 0 Å². The summed E-state index contributed by atoms with van der Waals surface area (Å²) in [4.78, 5) is 37.8. The van der Waals surface area contributed by atoms with Crippen LogP contribution in [0, 0.1) is 31.1 Å². The monoisotopic (exact) mass is 415 g/mol. The normalized spacial score (nSPS) is 26.2. The van der Waals surface area contributed by atoms with Crippen LogP contribution < -0.4 is 0 Å². The van der Waals surface area contributed by atoms with Gasteiger partial charge in [-0.25, -0.2) is 12.7 Å². The van der Waals surface area contributed by atoms with E-state index in [0.717, 1.165) is 21.0 Å². The maximum atomic E-state index is 13.1. The van der Waals surface area contributed by atoms with E-state index in [-0.39, 0.29) is 36.7 Å². The Morgan fingerprint density at radius 1 is 1.14 bits per heavy atom. The molecule has 2 aliphatic rings. The molecule has 0 atom stereocenters. The van der Waals surface area contributed by atoms with Crippen LogP contribution in [-0.2, 0) is 24.4 Å². The van der Waals surface area contributed by atoms with E-state index in [9.17, 15) is 22.8 Å². The van der Waals surface area contributed by atoms with Crippen molar-refractivity contribution in [2.24, 2.45) is 5.41 Å². The number of ketones is 2. The molecule has 0 unspecified atom stereocenters. The largest absolute Gasteiger partial charge is 0.298 e. The van der Waals surface area contributed by atoms with Gasteiger partial charge in [-0.3, -0.25) is 14.4 Å². The predicted octanol–water partition coefficient (Wildman–Crippen LogP) is 2.26. The summed E-state index contributed by atoms with van der Waals surface area (Å²) in [6.45, 7) is 6.71. The van der Waals surface area contributed by atoms with Gasteiger partial charge in [-0.2, -0.15) is 0 Å². The minimum atomic E-state index is -3.82. The van der Waals surface area contributed by atoms with Gasteiger partial charge >= 0.3 is 0 Å². The zero-order valence-corrected chi connectivity index (χ0v) is 18.0. The van der Waals surface area contributed by atoms with Crippen LogP contribution in [0.3, 0.4) is 0 Å². The smallest absolute Gasteiger partial charge is 0.237 e. The lowest BCUT2D eigenvalue weighted by molar-refractivity contribution is -0.136. The maximum Gasteiger partial charge on any atom is 0.237 e. The first-order valence-electron chi connectivity index (χ1n) is 9.60. The van der Waals surface area contributed by atoms with Crippen LogP contribution >= 0.6 is 0 Å². The summed E-state index contributed by atoms with van der Waals surface area (Å²) in [6.07, 6.45) is 0.395.